The quantitative estimate of drug-likeness (QED) is 0.682. The highest BCUT2D eigenvalue weighted by atomic mass is 16.2. The van der Waals surface area contributed by atoms with Crippen LogP contribution in [-0.4, -0.2) is 48.3 Å². The first kappa shape index (κ1) is 20.1. The molecule has 1 heterocycles. The van der Waals surface area contributed by atoms with Gasteiger partial charge in [-0.1, -0.05) is 42.5 Å². The van der Waals surface area contributed by atoms with Crippen LogP contribution >= 0.6 is 0 Å². The molecule has 1 fully saturated rings. The number of benzene rings is 2. The van der Waals surface area contributed by atoms with Gasteiger partial charge in [0.05, 0.1) is 0 Å². The Morgan fingerprint density at radius 3 is 2.64 bits per heavy atom. The second kappa shape index (κ2) is 10.0. The van der Waals surface area contributed by atoms with Crippen LogP contribution in [0.4, 0.5) is 0 Å². The highest BCUT2D eigenvalue weighted by Gasteiger charge is 2.20. The fourth-order valence-electron chi connectivity index (χ4n) is 3.53. The molecule has 1 saturated heterocycles. The van der Waals surface area contributed by atoms with Crippen LogP contribution in [0.2, 0.25) is 0 Å². The molecule has 0 aromatic heterocycles. The van der Waals surface area contributed by atoms with Crippen LogP contribution in [0, 0.1) is 0 Å². The highest BCUT2D eigenvalue weighted by molar-refractivity contribution is 5.94. The minimum absolute atomic E-state index is 0.0553. The van der Waals surface area contributed by atoms with Gasteiger partial charge in [-0.05, 0) is 49.7 Å². The number of carbonyl (C=O) groups excluding carboxylic acids is 2. The predicted molar refractivity (Wildman–Crippen MR) is 111 cm³/mol. The van der Waals surface area contributed by atoms with Crippen molar-refractivity contribution in [2.45, 2.75) is 32.4 Å². The fraction of sp³-hybridized carbons (Fsp3) is 0.391. The number of nitrogens with zero attached hydrogens (tertiary/aromatic N) is 2. The third kappa shape index (κ3) is 5.92. The van der Waals surface area contributed by atoms with Crippen molar-refractivity contribution >= 4 is 11.8 Å². The summed E-state index contributed by atoms with van der Waals surface area (Å²) in [5.74, 6) is 0.148. The van der Waals surface area contributed by atoms with Crippen molar-refractivity contribution in [1.29, 1.82) is 0 Å². The first-order valence-electron chi connectivity index (χ1n) is 9.99. The van der Waals surface area contributed by atoms with Crippen molar-refractivity contribution in [3.8, 4) is 0 Å². The zero-order valence-electron chi connectivity index (χ0n) is 16.6. The largest absolute Gasteiger partial charge is 0.352 e. The number of amides is 2. The molecule has 0 bridgehead atoms. The van der Waals surface area contributed by atoms with Crippen LogP contribution in [-0.2, 0) is 17.9 Å². The number of hydrogen-bond donors (Lipinski definition) is 1. The summed E-state index contributed by atoms with van der Waals surface area (Å²) < 4.78 is 0. The van der Waals surface area contributed by atoms with E-state index in [4.69, 9.17) is 0 Å². The van der Waals surface area contributed by atoms with Gasteiger partial charge >= 0.3 is 0 Å². The molecule has 2 aromatic rings. The number of likely N-dealkylation sites (tertiary alicyclic amines) is 1. The summed E-state index contributed by atoms with van der Waals surface area (Å²) in [6, 6.07) is 18.0. The number of hydrogen-bond acceptors (Lipinski definition) is 3. The zero-order valence-corrected chi connectivity index (χ0v) is 16.6. The van der Waals surface area contributed by atoms with Gasteiger partial charge in [0.2, 0.25) is 5.91 Å². The number of carbonyl (C=O) groups is 2. The number of nitrogens with one attached hydrogen (secondary N) is 1. The second-order valence-electron chi connectivity index (χ2n) is 7.45. The second-order valence-corrected chi connectivity index (χ2v) is 7.45. The first-order valence-corrected chi connectivity index (χ1v) is 9.99. The van der Waals surface area contributed by atoms with Crippen molar-refractivity contribution in [2.24, 2.45) is 0 Å². The van der Waals surface area contributed by atoms with Crippen molar-refractivity contribution in [3.63, 3.8) is 0 Å². The molecule has 5 heteroatoms. The van der Waals surface area contributed by atoms with Crippen LogP contribution < -0.4 is 5.32 Å². The monoisotopic (exact) mass is 379 g/mol. The Bertz CT molecular complexity index is 791. The van der Waals surface area contributed by atoms with Gasteiger partial charge < -0.3 is 15.1 Å². The number of rotatable bonds is 9. The standard InChI is InChI=1S/C23H29N3O2/c1-25(17-19-8-3-2-4-9-19)14-7-13-24-23(28)21-11-5-10-20(16-21)18-26-15-6-12-22(26)27/h2-5,8-11,16H,6-7,12-15,17-18H2,1H3,(H,24,28). The van der Waals surface area contributed by atoms with Gasteiger partial charge in [-0.3, -0.25) is 9.59 Å². The normalized spacial score (nSPS) is 13.9. The summed E-state index contributed by atoms with van der Waals surface area (Å²) in [5, 5.41) is 3.00. The van der Waals surface area contributed by atoms with Gasteiger partial charge in [0.25, 0.3) is 5.91 Å². The Hall–Kier alpha value is -2.66. The molecule has 1 N–H and O–H groups in total. The lowest BCUT2D eigenvalue weighted by Gasteiger charge is -2.17. The molecule has 1 aliphatic rings. The van der Waals surface area contributed by atoms with Gasteiger partial charge in [0.1, 0.15) is 0 Å². The third-order valence-electron chi connectivity index (χ3n) is 5.03. The average molecular weight is 380 g/mol. The third-order valence-corrected chi connectivity index (χ3v) is 5.03. The summed E-state index contributed by atoms with van der Waals surface area (Å²) in [4.78, 5) is 28.3. The molecule has 148 valence electrons. The van der Waals surface area contributed by atoms with Crippen molar-refractivity contribution in [2.75, 3.05) is 26.7 Å². The topological polar surface area (TPSA) is 52.7 Å². The van der Waals surface area contributed by atoms with E-state index in [2.05, 4.69) is 41.5 Å². The van der Waals surface area contributed by atoms with Crippen molar-refractivity contribution in [3.05, 3.63) is 71.3 Å². The van der Waals surface area contributed by atoms with Crippen molar-refractivity contribution < 1.29 is 9.59 Å². The van der Waals surface area contributed by atoms with Crippen LogP contribution in [0.25, 0.3) is 0 Å². The molecular weight excluding hydrogens is 350 g/mol. The zero-order chi connectivity index (χ0) is 19.8. The summed E-state index contributed by atoms with van der Waals surface area (Å²) >= 11 is 0. The Balaban J connectivity index is 1.41. The van der Waals surface area contributed by atoms with E-state index < -0.39 is 0 Å². The Morgan fingerprint density at radius 1 is 1.11 bits per heavy atom. The van der Waals surface area contributed by atoms with E-state index in [1.807, 2.05) is 35.2 Å². The molecular formula is C23H29N3O2. The summed E-state index contributed by atoms with van der Waals surface area (Å²) in [7, 11) is 2.10. The highest BCUT2D eigenvalue weighted by Crippen LogP contribution is 2.15. The Morgan fingerprint density at radius 2 is 1.89 bits per heavy atom. The van der Waals surface area contributed by atoms with Gasteiger partial charge in [-0.25, -0.2) is 0 Å². The minimum atomic E-state index is -0.0553. The van der Waals surface area contributed by atoms with E-state index in [0.717, 1.165) is 38.0 Å². The molecule has 3 rings (SSSR count). The first-order chi connectivity index (χ1) is 13.6. The van der Waals surface area contributed by atoms with Crippen LogP contribution in [0.5, 0.6) is 0 Å². The average Bonchev–Trinajstić information content (AvgIpc) is 3.10. The van der Waals surface area contributed by atoms with Gasteiger partial charge in [-0.2, -0.15) is 0 Å². The van der Waals surface area contributed by atoms with E-state index in [1.54, 1.807) is 0 Å². The summed E-state index contributed by atoms with van der Waals surface area (Å²) in [6.45, 7) is 3.88. The van der Waals surface area contributed by atoms with E-state index in [9.17, 15) is 9.59 Å². The molecule has 0 radical (unpaired) electrons. The lowest BCUT2D eigenvalue weighted by Crippen LogP contribution is -2.28. The van der Waals surface area contributed by atoms with Crippen LogP contribution in [0.1, 0.15) is 40.7 Å². The van der Waals surface area contributed by atoms with E-state index in [0.29, 0.717) is 25.1 Å². The molecule has 28 heavy (non-hydrogen) atoms. The molecule has 2 aromatic carbocycles. The van der Waals surface area contributed by atoms with E-state index in [-0.39, 0.29) is 11.8 Å². The maximum atomic E-state index is 12.4. The van der Waals surface area contributed by atoms with Gasteiger partial charge in [0, 0.05) is 38.2 Å². The summed E-state index contributed by atoms with van der Waals surface area (Å²) in [5.41, 5.74) is 2.95. The molecule has 5 nitrogen and oxygen atoms in total. The van der Waals surface area contributed by atoms with Gasteiger partial charge in [0.15, 0.2) is 0 Å². The van der Waals surface area contributed by atoms with Gasteiger partial charge in [-0.15, -0.1) is 0 Å². The SMILES string of the molecule is CN(CCCNC(=O)c1cccc(CN2CCCC2=O)c1)Cc1ccccc1. The Kier molecular flexibility index (Phi) is 7.20. The fourth-order valence-corrected chi connectivity index (χ4v) is 3.53. The molecule has 0 spiro atoms. The minimum Gasteiger partial charge on any atom is -0.352 e. The van der Waals surface area contributed by atoms with Crippen LogP contribution in [0.15, 0.2) is 54.6 Å². The molecule has 0 unspecified atom stereocenters. The van der Waals surface area contributed by atoms with E-state index in [1.165, 1.54) is 5.56 Å². The molecule has 1 aliphatic heterocycles. The van der Waals surface area contributed by atoms with Crippen molar-refractivity contribution in [1.82, 2.24) is 15.1 Å². The van der Waals surface area contributed by atoms with Crippen LogP contribution in [0.3, 0.4) is 0 Å². The molecule has 0 atom stereocenters. The molecule has 2 amide bonds. The lowest BCUT2D eigenvalue weighted by atomic mass is 10.1. The molecule has 0 aliphatic carbocycles. The summed E-state index contributed by atoms with van der Waals surface area (Å²) in [6.07, 6.45) is 2.47. The lowest BCUT2D eigenvalue weighted by molar-refractivity contribution is -0.128. The van der Waals surface area contributed by atoms with E-state index >= 15 is 0 Å². The Labute approximate surface area is 167 Å². The molecule has 0 saturated carbocycles. The maximum absolute atomic E-state index is 12.4. The smallest absolute Gasteiger partial charge is 0.251 e. The maximum Gasteiger partial charge on any atom is 0.251 e. The predicted octanol–water partition coefficient (Wildman–Crippen LogP) is 3.06.